The van der Waals surface area contributed by atoms with Gasteiger partial charge in [0.2, 0.25) is 11.8 Å². The molecule has 0 aliphatic carbocycles. The Bertz CT molecular complexity index is 1470. The molecule has 0 spiro atoms. The third-order valence-corrected chi connectivity index (χ3v) is 6.55. The van der Waals surface area contributed by atoms with Crippen molar-refractivity contribution in [2.24, 2.45) is 0 Å². The van der Waals surface area contributed by atoms with Gasteiger partial charge in [-0.3, -0.25) is 4.79 Å². The van der Waals surface area contributed by atoms with Gasteiger partial charge in [0.25, 0.3) is 0 Å². The number of para-hydroxylation sites is 1. The van der Waals surface area contributed by atoms with Gasteiger partial charge in [-0.15, -0.1) is 0 Å². The number of nitrogens with zero attached hydrogens (tertiary/aromatic N) is 2. The SMILES string of the molecule is Cc1oc(-c2ccccc2)nc1CC(=O)NCC(c1ccc(N(C)C)cc1)c1c[nH]c2ccccc12. The van der Waals surface area contributed by atoms with E-state index in [0.717, 1.165) is 33.3 Å². The van der Waals surface area contributed by atoms with E-state index < -0.39 is 0 Å². The average Bonchev–Trinajstić information content (AvgIpc) is 3.49. The van der Waals surface area contributed by atoms with Crippen LogP contribution in [0.25, 0.3) is 22.4 Å². The molecule has 182 valence electrons. The highest BCUT2D eigenvalue weighted by molar-refractivity contribution is 5.84. The fraction of sp³-hybridized carbons (Fsp3) is 0.200. The number of anilines is 1. The number of H-pyrrole nitrogens is 1. The van der Waals surface area contributed by atoms with E-state index in [4.69, 9.17) is 4.42 Å². The Morgan fingerprint density at radius 1 is 1.00 bits per heavy atom. The number of aromatic nitrogens is 2. The van der Waals surface area contributed by atoms with Gasteiger partial charge in [0.1, 0.15) is 5.76 Å². The van der Waals surface area contributed by atoms with Gasteiger partial charge < -0.3 is 19.6 Å². The third-order valence-electron chi connectivity index (χ3n) is 6.55. The number of carbonyl (C=O) groups excluding carboxylic acids is 1. The number of hydrogen-bond donors (Lipinski definition) is 2. The summed E-state index contributed by atoms with van der Waals surface area (Å²) in [7, 11) is 4.06. The molecule has 0 aliphatic rings. The van der Waals surface area contributed by atoms with E-state index in [-0.39, 0.29) is 18.2 Å². The van der Waals surface area contributed by atoms with E-state index in [1.165, 1.54) is 0 Å². The minimum atomic E-state index is -0.0826. The normalized spacial score (nSPS) is 12.0. The molecule has 5 aromatic rings. The molecule has 2 heterocycles. The van der Waals surface area contributed by atoms with Crippen molar-refractivity contribution < 1.29 is 9.21 Å². The molecule has 3 aromatic carbocycles. The summed E-state index contributed by atoms with van der Waals surface area (Å²) in [5.74, 6) is 1.12. The molecule has 1 unspecified atom stereocenters. The number of benzene rings is 3. The first-order chi connectivity index (χ1) is 17.5. The molecule has 0 aliphatic heterocycles. The van der Waals surface area contributed by atoms with Gasteiger partial charge in [0, 0.05) is 54.9 Å². The summed E-state index contributed by atoms with van der Waals surface area (Å²) in [5, 5.41) is 4.31. The zero-order chi connectivity index (χ0) is 25.1. The summed E-state index contributed by atoms with van der Waals surface area (Å²) in [4.78, 5) is 23.1. The Hall–Kier alpha value is -4.32. The molecule has 0 radical (unpaired) electrons. The van der Waals surface area contributed by atoms with E-state index in [1.54, 1.807) is 0 Å². The molecule has 0 bridgehead atoms. The first kappa shape index (κ1) is 23.4. The second-order valence-electron chi connectivity index (χ2n) is 9.20. The predicted molar refractivity (Wildman–Crippen MR) is 144 cm³/mol. The number of carbonyl (C=O) groups is 1. The quantitative estimate of drug-likeness (QED) is 0.301. The number of rotatable bonds is 8. The molecule has 5 rings (SSSR count). The number of hydrogen-bond acceptors (Lipinski definition) is 4. The van der Waals surface area contributed by atoms with Crippen LogP contribution in [0.2, 0.25) is 0 Å². The van der Waals surface area contributed by atoms with Gasteiger partial charge in [-0.1, -0.05) is 48.5 Å². The van der Waals surface area contributed by atoms with Crippen molar-refractivity contribution in [1.82, 2.24) is 15.3 Å². The second kappa shape index (κ2) is 10.1. The molecular formula is C30H30N4O2. The minimum Gasteiger partial charge on any atom is -0.441 e. The first-order valence-corrected chi connectivity index (χ1v) is 12.1. The van der Waals surface area contributed by atoms with Crippen LogP contribution in [0.1, 0.15) is 28.5 Å². The van der Waals surface area contributed by atoms with Gasteiger partial charge in [-0.05, 0) is 48.4 Å². The van der Waals surface area contributed by atoms with E-state index >= 15 is 0 Å². The van der Waals surface area contributed by atoms with E-state index in [2.05, 4.69) is 62.8 Å². The summed E-state index contributed by atoms with van der Waals surface area (Å²) in [6.07, 6.45) is 2.22. The standard InChI is InChI=1S/C30H30N4O2/c1-20-28(33-30(36-20)22-9-5-4-6-10-22)17-29(35)32-18-25(21-13-15-23(16-14-21)34(2)3)26-19-31-27-12-8-7-11-24(26)27/h4-16,19,25,31H,17-18H2,1-3H3,(H,32,35). The van der Waals surface area contributed by atoms with E-state index in [1.807, 2.05) is 63.5 Å². The lowest BCUT2D eigenvalue weighted by atomic mass is 9.90. The highest BCUT2D eigenvalue weighted by atomic mass is 16.4. The minimum absolute atomic E-state index is 0.000372. The van der Waals surface area contributed by atoms with E-state index in [0.29, 0.717) is 23.9 Å². The van der Waals surface area contributed by atoms with Crippen molar-refractivity contribution in [2.45, 2.75) is 19.3 Å². The topological polar surface area (TPSA) is 74.2 Å². The summed E-state index contributed by atoms with van der Waals surface area (Å²) in [6.45, 7) is 2.33. The van der Waals surface area contributed by atoms with Crippen LogP contribution in [-0.4, -0.2) is 36.5 Å². The third kappa shape index (κ3) is 4.89. The molecule has 1 amide bonds. The molecule has 0 fully saturated rings. The molecule has 6 nitrogen and oxygen atoms in total. The lowest BCUT2D eigenvalue weighted by molar-refractivity contribution is -0.120. The number of amides is 1. The lowest BCUT2D eigenvalue weighted by Gasteiger charge is -2.20. The molecule has 1 atom stereocenters. The van der Waals surface area contributed by atoms with Crippen LogP contribution in [0.4, 0.5) is 5.69 Å². The van der Waals surface area contributed by atoms with Crippen LogP contribution in [0.3, 0.4) is 0 Å². The highest BCUT2D eigenvalue weighted by Gasteiger charge is 2.21. The Morgan fingerprint density at radius 3 is 2.47 bits per heavy atom. The first-order valence-electron chi connectivity index (χ1n) is 12.1. The zero-order valence-electron chi connectivity index (χ0n) is 20.8. The largest absolute Gasteiger partial charge is 0.441 e. The van der Waals surface area contributed by atoms with Crippen molar-refractivity contribution >= 4 is 22.5 Å². The van der Waals surface area contributed by atoms with Crippen LogP contribution in [0.15, 0.2) is 89.5 Å². The van der Waals surface area contributed by atoms with Crippen LogP contribution in [0, 0.1) is 6.92 Å². The van der Waals surface area contributed by atoms with Gasteiger partial charge >= 0.3 is 0 Å². The van der Waals surface area contributed by atoms with E-state index in [9.17, 15) is 4.79 Å². The van der Waals surface area contributed by atoms with Crippen molar-refractivity contribution in [3.63, 3.8) is 0 Å². The summed E-state index contributed by atoms with van der Waals surface area (Å²) in [5.41, 5.74) is 6.08. The molecule has 0 saturated carbocycles. The van der Waals surface area contributed by atoms with Crippen LogP contribution in [0.5, 0.6) is 0 Å². The molecular weight excluding hydrogens is 448 g/mol. The summed E-state index contributed by atoms with van der Waals surface area (Å²) >= 11 is 0. The summed E-state index contributed by atoms with van der Waals surface area (Å²) in [6, 6.07) is 26.5. The van der Waals surface area contributed by atoms with Crippen LogP contribution in [-0.2, 0) is 11.2 Å². The number of aryl methyl sites for hydroxylation is 1. The maximum Gasteiger partial charge on any atom is 0.226 e. The van der Waals surface area contributed by atoms with Crippen LogP contribution >= 0.6 is 0 Å². The Balaban J connectivity index is 1.36. The number of oxazole rings is 1. The van der Waals surface area contributed by atoms with Gasteiger partial charge in [-0.2, -0.15) is 0 Å². The monoisotopic (exact) mass is 478 g/mol. The zero-order valence-corrected chi connectivity index (χ0v) is 20.8. The molecule has 2 N–H and O–H groups in total. The number of fused-ring (bicyclic) bond motifs is 1. The number of nitrogens with one attached hydrogen (secondary N) is 2. The van der Waals surface area contributed by atoms with Crippen LogP contribution < -0.4 is 10.2 Å². The fourth-order valence-electron chi connectivity index (χ4n) is 4.52. The lowest BCUT2D eigenvalue weighted by Crippen LogP contribution is -2.30. The van der Waals surface area contributed by atoms with Crippen molar-refractivity contribution in [3.05, 3.63) is 108 Å². The van der Waals surface area contributed by atoms with Gasteiger partial charge in [0.15, 0.2) is 0 Å². The molecule has 36 heavy (non-hydrogen) atoms. The fourth-order valence-corrected chi connectivity index (χ4v) is 4.52. The second-order valence-corrected chi connectivity index (χ2v) is 9.20. The van der Waals surface area contributed by atoms with Crippen molar-refractivity contribution in [2.75, 3.05) is 25.5 Å². The predicted octanol–water partition coefficient (Wildman–Crippen LogP) is 5.69. The Labute approximate surface area is 211 Å². The van der Waals surface area contributed by atoms with Crippen molar-refractivity contribution in [3.8, 4) is 11.5 Å². The number of aromatic amines is 1. The highest BCUT2D eigenvalue weighted by Crippen LogP contribution is 2.31. The average molecular weight is 479 g/mol. The molecule has 2 aromatic heterocycles. The van der Waals surface area contributed by atoms with Crippen molar-refractivity contribution in [1.29, 1.82) is 0 Å². The summed E-state index contributed by atoms with van der Waals surface area (Å²) < 4.78 is 5.83. The van der Waals surface area contributed by atoms with Gasteiger partial charge in [0.05, 0.1) is 12.1 Å². The Morgan fingerprint density at radius 2 is 1.72 bits per heavy atom. The molecule has 0 saturated heterocycles. The maximum absolute atomic E-state index is 13.0. The maximum atomic E-state index is 13.0. The van der Waals surface area contributed by atoms with Gasteiger partial charge in [-0.25, -0.2) is 4.98 Å². The smallest absolute Gasteiger partial charge is 0.226 e. The Kier molecular flexibility index (Phi) is 6.58. The molecule has 6 heteroatoms.